The molecule has 2 aromatic carbocycles. The number of aryl methyl sites for hydroxylation is 2. The zero-order chi connectivity index (χ0) is 23.5. The Bertz CT molecular complexity index is 1280. The molecule has 0 saturated carbocycles. The Balaban J connectivity index is 1.29. The van der Waals surface area contributed by atoms with Crippen LogP contribution in [0.3, 0.4) is 0 Å². The summed E-state index contributed by atoms with van der Waals surface area (Å²) in [4.78, 5) is 31.5. The molecule has 2 aromatic heterocycles. The lowest BCUT2D eigenvalue weighted by atomic mass is 10.1. The van der Waals surface area contributed by atoms with Crippen LogP contribution in [-0.2, 0) is 13.0 Å². The van der Waals surface area contributed by atoms with Gasteiger partial charge >= 0.3 is 0 Å². The molecule has 5 rings (SSSR count). The Kier molecular flexibility index (Phi) is 6.50. The summed E-state index contributed by atoms with van der Waals surface area (Å²) in [5, 5.41) is 3.21. The molecule has 1 aliphatic heterocycles. The highest BCUT2D eigenvalue weighted by Crippen LogP contribution is 2.27. The monoisotopic (exact) mass is 471 g/mol. The molecular weight excluding hydrogens is 442 g/mol. The summed E-state index contributed by atoms with van der Waals surface area (Å²) in [7, 11) is 0. The predicted octanol–water partition coefficient (Wildman–Crippen LogP) is 5.32. The van der Waals surface area contributed by atoms with Gasteiger partial charge in [0.2, 0.25) is 0 Å². The Morgan fingerprint density at radius 2 is 1.68 bits per heavy atom. The number of rotatable bonds is 6. The minimum absolute atomic E-state index is 0.0324. The fourth-order valence-electron chi connectivity index (χ4n) is 4.81. The van der Waals surface area contributed by atoms with Gasteiger partial charge < -0.3 is 14.4 Å². The molecule has 1 aliphatic rings. The number of piperazine rings is 1. The number of carbonyl (C=O) groups is 2. The highest BCUT2D eigenvalue weighted by molar-refractivity contribution is 7.16. The minimum atomic E-state index is -0.0342. The molecule has 3 heterocycles. The van der Waals surface area contributed by atoms with Crippen molar-refractivity contribution >= 4 is 33.4 Å². The van der Waals surface area contributed by atoms with Gasteiger partial charge in [-0.2, -0.15) is 0 Å². The van der Waals surface area contributed by atoms with E-state index in [9.17, 15) is 9.59 Å². The largest absolute Gasteiger partial charge is 0.334 e. The molecule has 1 saturated heterocycles. The summed E-state index contributed by atoms with van der Waals surface area (Å²) in [6, 6.07) is 23.9. The molecule has 0 aliphatic carbocycles. The lowest BCUT2D eigenvalue weighted by Crippen LogP contribution is -2.55. The second-order valence-electron chi connectivity index (χ2n) is 8.92. The van der Waals surface area contributed by atoms with Crippen molar-refractivity contribution in [1.29, 1.82) is 0 Å². The molecule has 5 nitrogen and oxygen atoms in total. The van der Waals surface area contributed by atoms with Crippen LogP contribution in [0.25, 0.3) is 10.2 Å². The van der Waals surface area contributed by atoms with Gasteiger partial charge in [-0.1, -0.05) is 48.5 Å². The average molecular weight is 472 g/mol. The number of benzene rings is 2. The Morgan fingerprint density at radius 1 is 0.941 bits per heavy atom. The fraction of sp³-hybridized carbons (Fsp3) is 0.286. The molecule has 0 N–H and O–H groups in total. The van der Waals surface area contributed by atoms with Crippen molar-refractivity contribution in [3.63, 3.8) is 0 Å². The second kappa shape index (κ2) is 9.85. The first kappa shape index (κ1) is 22.4. The highest BCUT2D eigenvalue weighted by atomic mass is 32.1. The van der Waals surface area contributed by atoms with Crippen molar-refractivity contribution in [1.82, 2.24) is 14.4 Å². The van der Waals surface area contributed by atoms with E-state index < -0.39 is 0 Å². The van der Waals surface area contributed by atoms with Gasteiger partial charge in [-0.15, -0.1) is 11.3 Å². The third-order valence-electron chi connectivity index (χ3n) is 6.61. The van der Waals surface area contributed by atoms with Gasteiger partial charge in [0.25, 0.3) is 11.8 Å². The van der Waals surface area contributed by atoms with E-state index in [0.29, 0.717) is 25.2 Å². The molecule has 0 unspecified atom stereocenters. The summed E-state index contributed by atoms with van der Waals surface area (Å²) >= 11 is 1.69. The predicted molar refractivity (Wildman–Crippen MR) is 137 cm³/mol. The zero-order valence-corrected chi connectivity index (χ0v) is 20.2. The maximum atomic E-state index is 13.6. The number of fused-ring (bicyclic) bond motifs is 1. The van der Waals surface area contributed by atoms with Crippen molar-refractivity contribution in [2.45, 2.75) is 32.4 Å². The zero-order valence-electron chi connectivity index (χ0n) is 19.4. The molecule has 1 fully saturated rings. The maximum absolute atomic E-state index is 13.6. The molecule has 0 spiro atoms. The number of aromatic nitrogens is 1. The Morgan fingerprint density at radius 3 is 2.41 bits per heavy atom. The molecule has 6 heteroatoms. The average Bonchev–Trinajstić information content (AvgIpc) is 3.47. The molecule has 2 amide bonds. The van der Waals surface area contributed by atoms with Gasteiger partial charge in [0.05, 0.1) is 0 Å². The first-order chi connectivity index (χ1) is 16.6. The topological polar surface area (TPSA) is 45.6 Å². The van der Waals surface area contributed by atoms with Gasteiger partial charge in [0, 0.05) is 43.2 Å². The van der Waals surface area contributed by atoms with Gasteiger partial charge in [0.1, 0.15) is 10.5 Å². The van der Waals surface area contributed by atoms with E-state index in [4.69, 9.17) is 0 Å². The van der Waals surface area contributed by atoms with Crippen molar-refractivity contribution in [2.24, 2.45) is 0 Å². The molecule has 0 radical (unpaired) electrons. The van der Waals surface area contributed by atoms with Crippen LogP contribution in [0, 0.1) is 0 Å². The Labute approximate surface area is 204 Å². The molecule has 34 heavy (non-hydrogen) atoms. The third-order valence-corrected chi connectivity index (χ3v) is 7.56. The van der Waals surface area contributed by atoms with Gasteiger partial charge in [-0.05, 0) is 55.0 Å². The van der Waals surface area contributed by atoms with Crippen molar-refractivity contribution < 1.29 is 9.59 Å². The van der Waals surface area contributed by atoms with Crippen LogP contribution < -0.4 is 0 Å². The van der Waals surface area contributed by atoms with Crippen LogP contribution in [0.4, 0.5) is 0 Å². The van der Waals surface area contributed by atoms with Crippen LogP contribution in [-0.4, -0.2) is 51.9 Å². The molecular formula is C28H29N3O2S. The first-order valence-electron chi connectivity index (χ1n) is 11.9. The second-order valence-corrected chi connectivity index (χ2v) is 9.81. The van der Waals surface area contributed by atoms with Gasteiger partial charge in [-0.25, -0.2) is 0 Å². The number of hydrogen-bond acceptors (Lipinski definition) is 3. The number of nitrogens with zero attached hydrogens (tertiary/aromatic N) is 3. The van der Waals surface area contributed by atoms with E-state index in [0.717, 1.165) is 35.3 Å². The van der Waals surface area contributed by atoms with Crippen LogP contribution in [0.15, 0.2) is 78.2 Å². The van der Waals surface area contributed by atoms with Crippen LogP contribution in [0.5, 0.6) is 0 Å². The lowest BCUT2D eigenvalue weighted by Gasteiger charge is -2.40. The number of carbonyl (C=O) groups excluding carboxylic acids is 2. The molecule has 174 valence electrons. The number of hydrogen-bond donors (Lipinski definition) is 0. The molecule has 0 bridgehead atoms. The smallest absolute Gasteiger partial charge is 0.270 e. The Hall–Kier alpha value is -3.38. The van der Waals surface area contributed by atoms with E-state index in [1.807, 2.05) is 59.2 Å². The normalized spacial score (nSPS) is 16.2. The fourth-order valence-corrected chi connectivity index (χ4v) is 5.74. The SMILES string of the molecule is C[C@@H]1CN(C(=O)c2cc3ccsc3n2CCCc2ccccc2)CCN1C(=O)c1ccccc1. The van der Waals surface area contributed by atoms with Gasteiger partial charge in [-0.3, -0.25) is 9.59 Å². The van der Waals surface area contributed by atoms with E-state index in [2.05, 4.69) is 40.3 Å². The van der Waals surface area contributed by atoms with E-state index >= 15 is 0 Å². The molecule has 4 aromatic rings. The van der Waals surface area contributed by atoms with Crippen molar-refractivity contribution in [3.8, 4) is 0 Å². The lowest BCUT2D eigenvalue weighted by molar-refractivity contribution is 0.0409. The van der Waals surface area contributed by atoms with Gasteiger partial charge in [0.15, 0.2) is 0 Å². The summed E-state index contributed by atoms with van der Waals surface area (Å²) in [5.41, 5.74) is 2.77. The third kappa shape index (κ3) is 4.50. The van der Waals surface area contributed by atoms with Crippen molar-refractivity contribution in [2.75, 3.05) is 19.6 Å². The van der Waals surface area contributed by atoms with E-state index in [1.165, 1.54) is 5.56 Å². The first-order valence-corrected chi connectivity index (χ1v) is 12.8. The van der Waals surface area contributed by atoms with Crippen LogP contribution in [0.1, 0.15) is 39.8 Å². The quantitative estimate of drug-likeness (QED) is 0.382. The van der Waals surface area contributed by atoms with E-state index in [1.54, 1.807) is 11.3 Å². The van der Waals surface area contributed by atoms with Crippen LogP contribution in [0.2, 0.25) is 0 Å². The maximum Gasteiger partial charge on any atom is 0.270 e. The molecule has 1 atom stereocenters. The standard InChI is InChI=1S/C28H29N3O2S/c1-21-20-29(16-17-30(21)26(32)23-12-6-3-7-13-23)27(33)25-19-24-14-18-34-28(24)31(25)15-8-11-22-9-4-2-5-10-22/h2-7,9-10,12-14,18-19,21H,8,11,15-17,20H2,1H3/t21-/m1/s1. The van der Waals surface area contributed by atoms with E-state index in [-0.39, 0.29) is 17.9 Å². The van der Waals surface area contributed by atoms with Crippen LogP contribution >= 0.6 is 11.3 Å². The van der Waals surface area contributed by atoms with Crippen molar-refractivity contribution in [3.05, 3.63) is 95.0 Å². The highest BCUT2D eigenvalue weighted by Gasteiger charge is 2.32. The summed E-state index contributed by atoms with van der Waals surface area (Å²) < 4.78 is 2.19. The summed E-state index contributed by atoms with van der Waals surface area (Å²) in [6.45, 7) is 4.47. The minimum Gasteiger partial charge on any atom is -0.334 e. The number of amides is 2. The number of thiophene rings is 1. The summed E-state index contributed by atoms with van der Waals surface area (Å²) in [6.07, 6.45) is 1.96. The summed E-state index contributed by atoms with van der Waals surface area (Å²) in [5.74, 6) is 0.0896.